The minimum Gasteiger partial charge on any atom is -0.364 e. The van der Waals surface area contributed by atoms with E-state index in [4.69, 9.17) is 22.5 Å². The number of amides is 1. The lowest BCUT2D eigenvalue weighted by atomic mass is 9.98. The van der Waals surface area contributed by atoms with E-state index in [0.29, 0.717) is 16.3 Å². The van der Waals surface area contributed by atoms with Crippen LogP contribution in [0.15, 0.2) is 53.4 Å². The third kappa shape index (κ3) is 3.27. The van der Waals surface area contributed by atoms with Crippen LogP contribution >= 0.6 is 11.6 Å². The summed E-state index contributed by atoms with van der Waals surface area (Å²) in [5.41, 5.74) is 6.89. The number of benzene rings is 2. The molecule has 1 heterocycles. The van der Waals surface area contributed by atoms with Crippen molar-refractivity contribution in [3.8, 4) is 22.4 Å². The summed E-state index contributed by atoms with van der Waals surface area (Å²) in [5, 5.41) is 12.5. The Kier molecular flexibility index (Phi) is 4.34. The van der Waals surface area contributed by atoms with Crippen LogP contribution < -0.4 is 10.9 Å². The monoisotopic (exact) mass is 376 g/mol. The first-order valence-corrected chi connectivity index (χ1v) is 8.98. The maximum atomic E-state index is 11.9. The molecule has 0 saturated carbocycles. The number of nitrogens with zero attached hydrogens (tertiary/aromatic N) is 1. The predicted molar refractivity (Wildman–Crippen MR) is 94.4 cm³/mol. The van der Waals surface area contributed by atoms with Gasteiger partial charge < -0.3 is 5.73 Å². The smallest absolute Gasteiger partial charge is 0.267 e. The lowest BCUT2D eigenvalue weighted by Crippen LogP contribution is -2.15. The van der Waals surface area contributed by atoms with E-state index in [0.717, 1.165) is 0 Å². The van der Waals surface area contributed by atoms with E-state index in [1.54, 1.807) is 30.3 Å². The standard InChI is InChI=1S/C16H13ClN4O3S/c17-10-7-5-9(6-8-10)14-13(15(16(18)22)21-20-14)11-3-1-2-4-12(11)25(19,23)24/h1-8H,(H2,18,22)(H,20,21)(H2,19,23,24). The molecular formula is C16H13ClN4O3S. The topological polar surface area (TPSA) is 132 Å². The second-order valence-electron chi connectivity index (χ2n) is 5.23. The minimum absolute atomic E-state index is 0.0129. The molecule has 0 radical (unpaired) electrons. The fourth-order valence-corrected chi connectivity index (χ4v) is 3.39. The van der Waals surface area contributed by atoms with Crippen molar-refractivity contribution in [3.63, 3.8) is 0 Å². The summed E-state index contributed by atoms with van der Waals surface area (Å²) in [7, 11) is -4.02. The number of aromatic amines is 1. The average Bonchev–Trinajstić information content (AvgIpc) is 3.00. The van der Waals surface area contributed by atoms with E-state index in [2.05, 4.69) is 10.2 Å². The van der Waals surface area contributed by atoms with Gasteiger partial charge in [-0.2, -0.15) is 5.10 Å². The highest BCUT2D eigenvalue weighted by atomic mass is 35.5. The molecule has 9 heteroatoms. The molecule has 1 amide bonds. The van der Waals surface area contributed by atoms with E-state index >= 15 is 0 Å². The second kappa shape index (κ2) is 6.32. The number of nitrogens with two attached hydrogens (primary N) is 2. The van der Waals surface area contributed by atoms with Crippen LogP contribution in [0.1, 0.15) is 10.5 Å². The molecule has 0 fully saturated rings. The zero-order valence-corrected chi connectivity index (χ0v) is 14.3. The molecule has 0 aliphatic carbocycles. The van der Waals surface area contributed by atoms with Gasteiger partial charge in [0.15, 0.2) is 0 Å². The Bertz CT molecular complexity index is 1060. The number of primary amides is 1. The highest BCUT2D eigenvalue weighted by molar-refractivity contribution is 7.89. The Balaban J connectivity index is 2.35. The molecule has 0 atom stereocenters. The van der Waals surface area contributed by atoms with Crippen LogP contribution in [-0.4, -0.2) is 24.5 Å². The summed E-state index contributed by atoms with van der Waals surface area (Å²) in [6, 6.07) is 12.8. The number of hydrogen-bond donors (Lipinski definition) is 3. The summed E-state index contributed by atoms with van der Waals surface area (Å²) < 4.78 is 23.9. The van der Waals surface area contributed by atoms with Crippen molar-refractivity contribution in [1.82, 2.24) is 10.2 Å². The highest BCUT2D eigenvalue weighted by Crippen LogP contribution is 2.36. The second-order valence-corrected chi connectivity index (χ2v) is 7.20. The number of halogens is 1. The highest BCUT2D eigenvalue weighted by Gasteiger charge is 2.25. The molecular weight excluding hydrogens is 364 g/mol. The van der Waals surface area contributed by atoms with Crippen molar-refractivity contribution in [2.45, 2.75) is 4.90 Å². The van der Waals surface area contributed by atoms with Crippen LogP contribution in [0.3, 0.4) is 0 Å². The molecule has 0 bridgehead atoms. The van der Waals surface area contributed by atoms with Gasteiger partial charge in [0.05, 0.1) is 4.90 Å². The molecule has 25 heavy (non-hydrogen) atoms. The first kappa shape index (κ1) is 17.2. The van der Waals surface area contributed by atoms with Gasteiger partial charge in [0.1, 0.15) is 11.4 Å². The molecule has 0 aliphatic heterocycles. The quantitative estimate of drug-likeness (QED) is 0.643. The Morgan fingerprint density at radius 3 is 2.32 bits per heavy atom. The van der Waals surface area contributed by atoms with Crippen molar-refractivity contribution in [2.24, 2.45) is 10.9 Å². The number of hydrogen-bond acceptors (Lipinski definition) is 4. The van der Waals surface area contributed by atoms with Gasteiger partial charge in [-0.1, -0.05) is 41.9 Å². The summed E-state index contributed by atoms with van der Waals surface area (Å²) in [5.74, 6) is -0.771. The number of aromatic nitrogens is 2. The molecule has 128 valence electrons. The van der Waals surface area contributed by atoms with Gasteiger partial charge in [0, 0.05) is 21.7 Å². The van der Waals surface area contributed by atoms with E-state index < -0.39 is 15.9 Å². The normalized spacial score (nSPS) is 11.4. The Hall–Kier alpha value is -2.68. The van der Waals surface area contributed by atoms with E-state index in [1.165, 1.54) is 18.2 Å². The van der Waals surface area contributed by atoms with Crippen molar-refractivity contribution in [3.05, 3.63) is 59.2 Å². The van der Waals surface area contributed by atoms with Gasteiger partial charge in [-0.25, -0.2) is 13.6 Å². The van der Waals surface area contributed by atoms with Crippen LogP contribution in [0.5, 0.6) is 0 Å². The number of H-pyrrole nitrogens is 1. The maximum absolute atomic E-state index is 11.9. The number of primary sulfonamides is 1. The molecule has 3 rings (SSSR count). The number of carbonyl (C=O) groups excluding carboxylic acids is 1. The van der Waals surface area contributed by atoms with Gasteiger partial charge >= 0.3 is 0 Å². The van der Waals surface area contributed by atoms with Gasteiger partial charge in [0.2, 0.25) is 10.0 Å². The molecule has 7 nitrogen and oxygen atoms in total. The van der Waals surface area contributed by atoms with Crippen molar-refractivity contribution in [2.75, 3.05) is 0 Å². The van der Waals surface area contributed by atoms with E-state index in [-0.39, 0.29) is 21.7 Å². The van der Waals surface area contributed by atoms with E-state index in [9.17, 15) is 13.2 Å². The van der Waals surface area contributed by atoms with Gasteiger partial charge in [-0.15, -0.1) is 0 Å². The molecule has 0 aliphatic rings. The Morgan fingerprint density at radius 2 is 1.72 bits per heavy atom. The minimum atomic E-state index is -4.02. The number of nitrogens with one attached hydrogen (secondary N) is 1. The Labute approximate surface area is 148 Å². The third-order valence-corrected chi connectivity index (χ3v) is 4.81. The van der Waals surface area contributed by atoms with Gasteiger partial charge in [-0.3, -0.25) is 9.89 Å². The zero-order chi connectivity index (χ0) is 18.2. The lowest BCUT2D eigenvalue weighted by Gasteiger charge is -2.09. The summed E-state index contributed by atoms with van der Waals surface area (Å²) >= 11 is 5.90. The van der Waals surface area contributed by atoms with Gasteiger partial charge in [0.25, 0.3) is 5.91 Å². The molecule has 3 aromatic rings. The lowest BCUT2D eigenvalue weighted by molar-refractivity contribution is 0.0996. The third-order valence-electron chi connectivity index (χ3n) is 3.59. The molecule has 0 spiro atoms. The van der Waals surface area contributed by atoms with E-state index in [1.807, 2.05) is 0 Å². The van der Waals surface area contributed by atoms with Crippen LogP contribution in [0, 0.1) is 0 Å². The fraction of sp³-hybridized carbons (Fsp3) is 0. The Morgan fingerprint density at radius 1 is 1.08 bits per heavy atom. The summed E-state index contributed by atoms with van der Waals surface area (Å²) in [4.78, 5) is 11.7. The van der Waals surface area contributed by atoms with Crippen molar-refractivity contribution >= 4 is 27.5 Å². The van der Waals surface area contributed by atoms with Crippen molar-refractivity contribution < 1.29 is 13.2 Å². The molecule has 0 unspecified atom stereocenters. The molecule has 1 aromatic heterocycles. The first-order chi connectivity index (χ1) is 11.8. The SMILES string of the molecule is NC(=O)c1[nH]nc(-c2ccc(Cl)cc2)c1-c1ccccc1S(N)(=O)=O. The number of sulfonamides is 1. The fourth-order valence-electron chi connectivity index (χ4n) is 2.52. The average molecular weight is 377 g/mol. The number of rotatable bonds is 4. The van der Waals surface area contributed by atoms with Crippen molar-refractivity contribution in [1.29, 1.82) is 0 Å². The van der Waals surface area contributed by atoms with Crippen LogP contribution in [0.4, 0.5) is 0 Å². The van der Waals surface area contributed by atoms with Crippen LogP contribution in [0.2, 0.25) is 5.02 Å². The van der Waals surface area contributed by atoms with Crippen LogP contribution in [0.25, 0.3) is 22.4 Å². The molecule has 0 saturated heterocycles. The molecule has 2 aromatic carbocycles. The predicted octanol–water partition coefficient (Wildman–Crippen LogP) is 2.14. The molecule has 5 N–H and O–H groups in total. The summed E-state index contributed by atoms with van der Waals surface area (Å²) in [6.07, 6.45) is 0. The zero-order valence-electron chi connectivity index (χ0n) is 12.7. The van der Waals surface area contributed by atoms with Gasteiger partial charge in [-0.05, 0) is 18.2 Å². The summed E-state index contributed by atoms with van der Waals surface area (Å²) in [6.45, 7) is 0. The maximum Gasteiger partial charge on any atom is 0.267 e. The number of carbonyl (C=O) groups is 1. The van der Waals surface area contributed by atoms with Crippen LogP contribution in [-0.2, 0) is 10.0 Å². The largest absolute Gasteiger partial charge is 0.364 e. The first-order valence-electron chi connectivity index (χ1n) is 7.05.